The Balaban J connectivity index is 1.53. The molecule has 1 atom stereocenters. The monoisotopic (exact) mass is 394 g/mol. The molecule has 1 N–H and O–H groups in total. The molecule has 150 valence electrons. The molecule has 0 bridgehead atoms. The van der Waals surface area contributed by atoms with Gasteiger partial charge in [0.1, 0.15) is 0 Å². The zero-order chi connectivity index (χ0) is 20.8. The number of benzene rings is 2. The van der Waals surface area contributed by atoms with Gasteiger partial charge in [0.2, 0.25) is 5.91 Å². The molecule has 0 radical (unpaired) electrons. The summed E-state index contributed by atoms with van der Waals surface area (Å²) < 4.78 is 5.03. The number of amides is 3. The second kappa shape index (κ2) is 9.14. The molecular weight excluding hydrogens is 372 g/mol. The fourth-order valence-electron chi connectivity index (χ4n) is 3.25. The molecule has 29 heavy (non-hydrogen) atoms. The fraction of sp³-hybridized carbons (Fsp3) is 0.273. The van der Waals surface area contributed by atoms with E-state index in [0.717, 1.165) is 17.7 Å². The lowest BCUT2D eigenvalue weighted by atomic mass is 10.1. The van der Waals surface area contributed by atoms with Crippen LogP contribution in [0.25, 0.3) is 0 Å². The first-order valence-corrected chi connectivity index (χ1v) is 9.43. The number of rotatable bonds is 6. The molecule has 1 fully saturated rings. The van der Waals surface area contributed by atoms with E-state index in [2.05, 4.69) is 5.32 Å². The van der Waals surface area contributed by atoms with Gasteiger partial charge in [0, 0.05) is 24.2 Å². The summed E-state index contributed by atoms with van der Waals surface area (Å²) >= 11 is 0. The van der Waals surface area contributed by atoms with E-state index in [9.17, 15) is 19.2 Å². The lowest BCUT2D eigenvalue weighted by molar-refractivity contribution is -0.152. The summed E-state index contributed by atoms with van der Waals surface area (Å²) in [4.78, 5) is 50.1. The van der Waals surface area contributed by atoms with Crippen LogP contribution in [0.4, 0.5) is 5.69 Å². The third-order valence-corrected chi connectivity index (χ3v) is 4.76. The lowest BCUT2D eigenvalue weighted by Crippen LogP contribution is -2.35. The van der Waals surface area contributed by atoms with Gasteiger partial charge in [0.15, 0.2) is 6.61 Å². The molecular formula is C22H22N2O5. The summed E-state index contributed by atoms with van der Waals surface area (Å²) in [7, 11) is 0. The first kappa shape index (κ1) is 20.3. The van der Waals surface area contributed by atoms with Gasteiger partial charge in [-0.2, -0.15) is 0 Å². The molecule has 7 nitrogen and oxygen atoms in total. The SMILES string of the molecule is CCc1ccccc1N1C[C@H](C(=O)OCC(=O)NC(=O)c2ccccc2)CC1=O. The largest absolute Gasteiger partial charge is 0.455 e. The molecule has 0 aromatic heterocycles. The van der Waals surface area contributed by atoms with Crippen molar-refractivity contribution in [3.05, 3.63) is 65.7 Å². The van der Waals surface area contributed by atoms with Crippen molar-refractivity contribution in [2.24, 2.45) is 5.92 Å². The second-order valence-electron chi connectivity index (χ2n) is 6.74. The third kappa shape index (κ3) is 4.87. The van der Waals surface area contributed by atoms with Crippen LogP contribution in [0.1, 0.15) is 29.3 Å². The molecule has 7 heteroatoms. The highest BCUT2D eigenvalue weighted by Gasteiger charge is 2.37. The Morgan fingerprint density at radius 2 is 1.76 bits per heavy atom. The minimum absolute atomic E-state index is 0.0292. The van der Waals surface area contributed by atoms with E-state index in [1.165, 1.54) is 0 Å². The minimum Gasteiger partial charge on any atom is -0.455 e. The Morgan fingerprint density at radius 3 is 2.48 bits per heavy atom. The Hall–Kier alpha value is -3.48. The lowest BCUT2D eigenvalue weighted by Gasteiger charge is -2.19. The van der Waals surface area contributed by atoms with Crippen LogP contribution in [-0.2, 0) is 25.5 Å². The number of anilines is 1. The van der Waals surface area contributed by atoms with E-state index in [-0.39, 0.29) is 18.9 Å². The van der Waals surface area contributed by atoms with Crippen molar-refractivity contribution in [2.45, 2.75) is 19.8 Å². The van der Waals surface area contributed by atoms with E-state index in [1.54, 1.807) is 35.2 Å². The number of nitrogens with one attached hydrogen (secondary N) is 1. The summed E-state index contributed by atoms with van der Waals surface area (Å²) in [6.45, 7) is 1.63. The molecule has 3 amide bonds. The second-order valence-corrected chi connectivity index (χ2v) is 6.74. The molecule has 0 unspecified atom stereocenters. The molecule has 3 rings (SSSR count). The van der Waals surface area contributed by atoms with Gasteiger partial charge in [-0.1, -0.05) is 43.3 Å². The van der Waals surface area contributed by atoms with Crippen molar-refractivity contribution in [1.82, 2.24) is 5.32 Å². The van der Waals surface area contributed by atoms with Gasteiger partial charge >= 0.3 is 5.97 Å². The number of carbonyl (C=O) groups is 4. The molecule has 0 aliphatic carbocycles. The quantitative estimate of drug-likeness (QED) is 0.758. The number of aryl methyl sites for hydroxylation is 1. The van der Waals surface area contributed by atoms with E-state index < -0.39 is 30.3 Å². The summed E-state index contributed by atoms with van der Waals surface area (Å²) in [5, 5.41) is 2.17. The zero-order valence-electron chi connectivity index (χ0n) is 16.1. The number of esters is 1. The fourth-order valence-corrected chi connectivity index (χ4v) is 3.25. The maximum absolute atomic E-state index is 12.4. The van der Waals surface area contributed by atoms with Gasteiger partial charge < -0.3 is 9.64 Å². The summed E-state index contributed by atoms with van der Waals surface area (Å²) in [6.07, 6.45) is 0.798. The van der Waals surface area contributed by atoms with Gasteiger partial charge in [-0.15, -0.1) is 0 Å². The molecule has 1 aliphatic rings. The van der Waals surface area contributed by atoms with Crippen LogP contribution >= 0.6 is 0 Å². The van der Waals surface area contributed by atoms with Gasteiger partial charge in [0.05, 0.1) is 5.92 Å². The van der Waals surface area contributed by atoms with Crippen molar-refractivity contribution in [2.75, 3.05) is 18.1 Å². The van der Waals surface area contributed by atoms with E-state index in [0.29, 0.717) is 5.56 Å². The third-order valence-electron chi connectivity index (χ3n) is 4.76. The number of hydrogen-bond acceptors (Lipinski definition) is 5. The van der Waals surface area contributed by atoms with E-state index >= 15 is 0 Å². The standard InChI is InChI=1S/C22H22N2O5/c1-2-15-8-6-7-11-18(15)24-13-17(12-20(24)26)22(28)29-14-19(25)23-21(27)16-9-4-3-5-10-16/h3-11,17H,2,12-14H2,1H3,(H,23,25,27)/t17-/m1/s1. The molecule has 0 spiro atoms. The number of imide groups is 1. The van der Waals surface area contributed by atoms with Crippen molar-refractivity contribution >= 4 is 29.4 Å². The average Bonchev–Trinajstić information content (AvgIpc) is 3.14. The predicted octanol–water partition coefficient (Wildman–Crippen LogP) is 2.10. The summed E-state index contributed by atoms with van der Waals surface area (Å²) in [5.74, 6) is -2.71. The van der Waals surface area contributed by atoms with Crippen molar-refractivity contribution in [1.29, 1.82) is 0 Å². The highest BCUT2D eigenvalue weighted by atomic mass is 16.5. The maximum Gasteiger partial charge on any atom is 0.311 e. The van der Waals surface area contributed by atoms with Gasteiger partial charge in [-0.25, -0.2) is 0 Å². The molecule has 1 saturated heterocycles. The average molecular weight is 394 g/mol. The minimum atomic E-state index is -0.718. The van der Waals surface area contributed by atoms with Crippen molar-refractivity contribution < 1.29 is 23.9 Å². The number of ether oxygens (including phenoxy) is 1. The number of nitrogens with zero attached hydrogens (tertiary/aromatic N) is 1. The molecule has 2 aromatic rings. The van der Waals surface area contributed by atoms with Crippen LogP contribution in [0.15, 0.2) is 54.6 Å². The van der Waals surface area contributed by atoms with Gasteiger partial charge in [-0.05, 0) is 30.2 Å². The first-order valence-electron chi connectivity index (χ1n) is 9.43. The zero-order valence-corrected chi connectivity index (χ0v) is 16.1. The summed E-state index contributed by atoms with van der Waals surface area (Å²) in [5.41, 5.74) is 2.15. The number of para-hydroxylation sites is 1. The maximum atomic E-state index is 12.4. The van der Waals surface area contributed by atoms with Crippen LogP contribution in [0.5, 0.6) is 0 Å². The molecule has 1 heterocycles. The molecule has 0 saturated carbocycles. The smallest absolute Gasteiger partial charge is 0.311 e. The van der Waals surface area contributed by atoms with Crippen molar-refractivity contribution in [3.63, 3.8) is 0 Å². The molecule has 1 aliphatic heterocycles. The topological polar surface area (TPSA) is 92.8 Å². The Morgan fingerprint density at radius 1 is 1.07 bits per heavy atom. The first-order chi connectivity index (χ1) is 14.0. The normalized spacial score (nSPS) is 15.8. The highest BCUT2D eigenvalue weighted by molar-refractivity contribution is 6.05. The van der Waals surface area contributed by atoms with Gasteiger partial charge in [0.25, 0.3) is 11.8 Å². The van der Waals surface area contributed by atoms with E-state index in [1.807, 2.05) is 31.2 Å². The Labute approximate surface area is 168 Å². The van der Waals surface area contributed by atoms with Crippen LogP contribution in [-0.4, -0.2) is 36.8 Å². The van der Waals surface area contributed by atoms with Crippen LogP contribution in [0.3, 0.4) is 0 Å². The van der Waals surface area contributed by atoms with Crippen LogP contribution in [0.2, 0.25) is 0 Å². The van der Waals surface area contributed by atoms with Crippen LogP contribution in [0, 0.1) is 5.92 Å². The molecule has 2 aromatic carbocycles. The predicted molar refractivity (Wildman–Crippen MR) is 106 cm³/mol. The van der Waals surface area contributed by atoms with Gasteiger partial charge in [-0.3, -0.25) is 24.5 Å². The number of hydrogen-bond donors (Lipinski definition) is 1. The van der Waals surface area contributed by atoms with Crippen LogP contribution < -0.4 is 10.2 Å². The Bertz CT molecular complexity index is 926. The highest BCUT2D eigenvalue weighted by Crippen LogP contribution is 2.29. The number of carbonyl (C=O) groups excluding carboxylic acids is 4. The Kier molecular flexibility index (Phi) is 6.39. The van der Waals surface area contributed by atoms with E-state index in [4.69, 9.17) is 4.74 Å². The van der Waals surface area contributed by atoms with Crippen molar-refractivity contribution in [3.8, 4) is 0 Å². The summed E-state index contributed by atoms with van der Waals surface area (Å²) in [6, 6.07) is 15.8.